The fraction of sp³-hybridized carbons (Fsp3) is 0.667. The van der Waals surface area contributed by atoms with E-state index in [2.05, 4.69) is 29.1 Å². The van der Waals surface area contributed by atoms with E-state index in [1.54, 1.807) is 6.07 Å². The molecule has 1 atom stereocenters. The maximum Gasteiger partial charge on any atom is 0.218 e. The third kappa shape index (κ3) is 5.73. The van der Waals surface area contributed by atoms with Crippen molar-refractivity contribution in [1.29, 1.82) is 0 Å². The van der Waals surface area contributed by atoms with Gasteiger partial charge < -0.3 is 10.1 Å². The molecule has 0 spiro atoms. The molecule has 1 rings (SSSR count). The van der Waals surface area contributed by atoms with E-state index in [4.69, 9.17) is 16.3 Å². The second-order valence-corrected chi connectivity index (χ2v) is 4.90. The van der Waals surface area contributed by atoms with Crippen LogP contribution in [0.25, 0.3) is 0 Å². The average Bonchev–Trinajstić information content (AvgIpc) is 2.26. The van der Waals surface area contributed by atoms with Gasteiger partial charge in [-0.2, -0.15) is 0 Å². The molecule has 1 unspecified atom stereocenters. The lowest BCUT2D eigenvalue weighted by Gasteiger charge is -2.13. The maximum atomic E-state index is 6.19. The summed E-state index contributed by atoms with van der Waals surface area (Å²) in [6.07, 6.45) is 2.47. The lowest BCUT2D eigenvalue weighted by molar-refractivity contribution is 0.326. The van der Waals surface area contributed by atoms with Gasteiger partial charge in [-0.3, -0.25) is 0 Å². The van der Waals surface area contributed by atoms with Crippen molar-refractivity contribution in [3.05, 3.63) is 12.4 Å². The normalized spacial score (nSPS) is 12.5. The SMILES string of the molecule is CCOc1cc(NCC(Cl)CC(C)C)ncn1. The summed E-state index contributed by atoms with van der Waals surface area (Å²) in [4.78, 5) is 8.11. The molecule has 4 nitrogen and oxygen atoms in total. The second kappa shape index (κ2) is 7.33. The lowest BCUT2D eigenvalue weighted by Crippen LogP contribution is -2.17. The molecule has 0 aromatic carbocycles. The largest absolute Gasteiger partial charge is 0.478 e. The number of anilines is 1. The number of nitrogens with one attached hydrogen (secondary N) is 1. The number of aromatic nitrogens is 2. The molecule has 0 aliphatic rings. The zero-order valence-electron chi connectivity index (χ0n) is 10.6. The van der Waals surface area contributed by atoms with Gasteiger partial charge in [-0.25, -0.2) is 9.97 Å². The quantitative estimate of drug-likeness (QED) is 0.763. The molecule has 17 heavy (non-hydrogen) atoms. The summed E-state index contributed by atoms with van der Waals surface area (Å²) in [6.45, 7) is 7.54. The van der Waals surface area contributed by atoms with Gasteiger partial charge in [-0.1, -0.05) is 13.8 Å². The molecule has 0 aliphatic heterocycles. The molecular formula is C12H20ClN3O. The van der Waals surface area contributed by atoms with Gasteiger partial charge in [0.05, 0.1) is 12.0 Å². The Kier molecular flexibility index (Phi) is 6.05. The van der Waals surface area contributed by atoms with Gasteiger partial charge >= 0.3 is 0 Å². The minimum atomic E-state index is 0.112. The Hall–Kier alpha value is -1.03. The van der Waals surface area contributed by atoms with Gasteiger partial charge in [0.1, 0.15) is 12.1 Å². The summed E-state index contributed by atoms with van der Waals surface area (Å²) < 4.78 is 5.29. The maximum absolute atomic E-state index is 6.19. The third-order valence-corrected chi connectivity index (χ3v) is 2.50. The highest BCUT2D eigenvalue weighted by Crippen LogP contribution is 2.14. The number of rotatable bonds is 7. The first-order valence-electron chi connectivity index (χ1n) is 5.94. The molecule has 0 fully saturated rings. The molecule has 96 valence electrons. The highest BCUT2D eigenvalue weighted by molar-refractivity contribution is 6.20. The molecule has 0 bridgehead atoms. The van der Waals surface area contributed by atoms with Gasteiger partial charge in [0.2, 0.25) is 5.88 Å². The molecule has 0 saturated heterocycles. The minimum absolute atomic E-state index is 0.112. The summed E-state index contributed by atoms with van der Waals surface area (Å²) >= 11 is 6.19. The molecule has 0 aliphatic carbocycles. The van der Waals surface area contributed by atoms with Gasteiger partial charge in [-0.05, 0) is 19.3 Å². The lowest BCUT2D eigenvalue weighted by atomic mass is 10.1. The van der Waals surface area contributed by atoms with Crippen molar-refractivity contribution in [2.75, 3.05) is 18.5 Å². The standard InChI is InChI=1S/C12H20ClN3O/c1-4-17-12-6-11(15-8-16-12)14-7-10(13)5-9(2)3/h6,8-10H,4-5,7H2,1-3H3,(H,14,15,16). The number of nitrogens with zero attached hydrogens (tertiary/aromatic N) is 2. The van der Waals surface area contributed by atoms with Crippen molar-refractivity contribution in [1.82, 2.24) is 9.97 Å². The van der Waals surface area contributed by atoms with E-state index in [9.17, 15) is 0 Å². The molecular weight excluding hydrogens is 238 g/mol. The fourth-order valence-corrected chi connectivity index (χ4v) is 1.91. The Bertz CT molecular complexity index is 333. The van der Waals surface area contributed by atoms with E-state index in [1.807, 2.05) is 6.92 Å². The predicted octanol–water partition coefficient (Wildman–Crippen LogP) is 2.94. The summed E-state index contributed by atoms with van der Waals surface area (Å²) in [5.74, 6) is 1.93. The Morgan fingerprint density at radius 1 is 1.41 bits per heavy atom. The third-order valence-electron chi connectivity index (χ3n) is 2.17. The van der Waals surface area contributed by atoms with Crippen LogP contribution in [0.3, 0.4) is 0 Å². The van der Waals surface area contributed by atoms with Crippen molar-refractivity contribution >= 4 is 17.4 Å². The van der Waals surface area contributed by atoms with E-state index in [-0.39, 0.29) is 5.38 Å². The number of hydrogen-bond acceptors (Lipinski definition) is 4. The van der Waals surface area contributed by atoms with Crippen molar-refractivity contribution < 1.29 is 4.74 Å². The Morgan fingerprint density at radius 2 is 2.18 bits per heavy atom. The van der Waals surface area contributed by atoms with Crippen LogP contribution in [0.15, 0.2) is 12.4 Å². The smallest absolute Gasteiger partial charge is 0.218 e. The number of ether oxygens (including phenoxy) is 1. The summed E-state index contributed by atoms with van der Waals surface area (Å²) in [5.41, 5.74) is 0. The Balaban J connectivity index is 2.43. The molecule has 0 saturated carbocycles. The van der Waals surface area contributed by atoms with E-state index in [1.165, 1.54) is 6.33 Å². The Morgan fingerprint density at radius 3 is 2.82 bits per heavy atom. The van der Waals surface area contributed by atoms with Crippen LogP contribution in [-0.4, -0.2) is 28.5 Å². The minimum Gasteiger partial charge on any atom is -0.478 e. The van der Waals surface area contributed by atoms with Gasteiger partial charge in [0.25, 0.3) is 0 Å². The predicted molar refractivity (Wildman–Crippen MR) is 70.8 cm³/mol. The fourth-order valence-electron chi connectivity index (χ4n) is 1.47. The van der Waals surface area contributed by atoms with Crippen LogP contribution >= 0.6 is 11.6 Å². The number of hydrogen-bond donors (Lipinski definition) is 1. The number of alkyl halides is 1. The van der Waals surface area contributed by atoms with Crippen LogP contribution in [0.2, 0.25) is 0 Å². The highest BCUT2D eigenvalue weighted by Gasteiger charge is 2.07. The molecule has 5 heteroatoms. The van der Waals surface area contributed by atoms with Crippen molar-refractivity contribution in [3.8, 4) is 5.88 Å². The van der Waals surface area contributed by atoms with Crippen LogP contribution in [-0.2, 0) is 0 Å². The van der Waals surface area contributed by atoms with Crippen LogP contribution in [0.1, 0.15) is 27.2 Å². The van der Waals surface area contributed by atoms with Crippen LogP contribution in [0.4, 0.5) is 5.82 Å². The van der Waals surface area contributed by atoms with Crippen LogP contribution in [0, 0.1) is 5.92 Å². The van der Waals surface area contributed by atoms with E-state index < -0.39 is 0 Å². The van der Waals surface area contributed by atoms with Gasteiger partial charge in [0.15, 0.2) is 0 Å². The molecule has 0 radical (unpaired) electrons. The number of halogens is 1. The van der Waals surface area contributed by atoms with Gasteiger partial charge in [0, 0.05) is 12.6 Å². The average molecular weight is 258 g/mol. The highest BCUT2D eigenvalue weighted by atomic mass is 35.5. The van der Waals surface area contributed by atoms with Crippen molar-refractivity contribution in [3.63, 3.8) is 0 Å². The monoisotopic (exact) mass is 257 g/mol. The first-order valence-corrected chi connectivity index (χ1v) is 6.38. The topological polar surface area (TPSA) is 47.0 Å². The summed E-state index contributed by atoms with van der Waals surface area (Å²) in [5, 5.41) is 3.30. The Labute approximate surface area is 108 Å². The zero-order chi connectivity index (χ0) is 12.7. The van der Waals surface area contributed by atoms with Crippen molar-refractivity contribution in [2.45, 2.75) is 32.6 Å². The summed E-state index contributed by atoms with van der Waals surface area (Å²) in [6, 6.07) is 1.78. The van der Waals surface area contributed by atoms with Crippen molar-refractivity contribution in [2.24, 2.45) is 5.92 Å². The molecule has 1 aromatic rings. The van der Waals surface area contributed by atoms with Gasteiger partial charge in [-0.15, -0.1) is 11.6 Å². The molecule has 1 aromatic heterocycles. The molecule has 1 N–H and O–H groups in total. The zero-order valence-corrected chi connectivity index (χ0v) is 11.4. The second-order valence-electron chi connectivity index (χ2n) is 4.28. The first kappa shape index (κ1) is 14.0. The van der Waals surface area contributed by atoms with E-state index >= 15 is 0 Å². The summed E-state index contributed by atoms with van der Waals surface area (Å²) in [7, 11) is 0. The molecule has 0 amide bonds. The van der Waals surface area contributed by atoms with Crippen LogP contribution < -0.4 is 10.1 Å². The van der Waals surface area contributed by atoms with E-state index in [0.29, 0.717) is 24.9 Å². The first-order chi connectivity index (χ1) is 8.11. The van der Waals surface area contributed by atoms with E-state index in [0.717, 1.165) is 12.2 Å². The molecule has 1 heterocycles. The van der Waals surface area contributed by atoms with Crippen LogP contribution in [0.5, 0.6) is 5.88 Å².